The molecule has 1 aromatic heterocycles. The number of benzene rings is 1. The normalized spacial score (nSPS) is 9.91. The molecule has 0 saturated heterocycles. The molecule has 0 radical (unpaired) electrons. The van der Waals surface area contributed by atoms with Crippen LogP contribution < -0.4 is 15.6 Å². The third-order valence-electron chi connectivity index (χ3n) is 2.94. The summed E-state index contributed by atoms with van der Waals surface area (Å²) in [7, 11) is 0. The van der Waals surface area contributed by atoms with Gasteiger partial charge in [0.2, 0.25) is 0 Å². The Morgan fingerprint density at radius 3 is 2.73 bits per heavy atom. The second-order valence-electron chi connectivity index (χ2n) is 4.80. The van der Waals surface area contributed by atoms with Crippen LogP contribution in [0, 0.1) is 13.8 Å². The zero-order valence-electron chi connectivity index (χ0n) is 12.4. The average Bonchev–Trinajstić information content (AvgIpc) is 2.54. The van der Waals surface area contributed by atoms with Crippen LogP contribution in [0.3, 0.4) is 0 Å². The van der Waals surface area contributed by atoms with Crippen LogP contribution in [0.4, 0.5) is 0 Å². The summed E-state index contributed by atoms with van der Waals surface area (Å²) in [4.78, 5) is 27.2. The van der Waals surface area contributed by atoms with Crippen molar-refractivity contribution < 1.29 is 14.3 Å². The number of carbonyl (C=O) groups is 2. The predicted octanol–water partition coefficient (Wildman–Crippen LogP) is 1.54. The number of ether oxygens (including phenoxy) is 1. The van der Waals surface area contributed by atoms with Gasteiger partial charge in [-0.25, -0.2) is 0 Å². The molecule has 0 spiro atoms. The molecule has 22 heavy (non-hydrogen) atoms. The highest BCUT2D eigenvalue weighted by atomic mass is 16.5. The second-order valence-corrected chi connectivity index (χ2v) is 4.80. The van der Waals surface area contributed by atoms with Gasteiger partial charge in [-0.05, 0) is 43.2 Å². The van der Waals surface area contributed by atoms with E-state index in [0.717, 1.165) is 11.1 Å². The van der Waals surface area contributed by atoms with Crippen molar-refractivity contribution in [1.82, 2.24) is 15.8 Å². The fourth-order valence-electron chi connectivity index (χ4n) is 1.74. The Bertz CT molecular complexity index is 672. The van der Waals surface area contributed by atoms with Gasteiger partial charge >= 0.3 is 0 Å². The van der Waals surface area contributed by atoms with Crippen molar-refractivity contribution >= 4 is 11.8 Å². The van der Waals surface area contributed by atoms with Gasteiger partial charge in [-0.15, -0.1) is 0 Å². The van der Waals surface area contributed by atoms with E-state index >= 15 is 0 Å². The summed E-state index contributed by atoms with van der Waals surface area (Å²) in [6.07, 6.45) is 2.97. The molecule has 2 rings (SSSR count). The van der Waals surface area contributed by atoms with E-state index < -0.39 is 11.8 Å². The number of amides is 2. The number of hydrazine groups is 1. The number of nitrogens with zero attached hydrogens (tertiary/aromatic N) is 1. The third-order valence-corrected chi connectivity index (χ3v) is 2.94. The SMILES string of the molecule is Cc1ccc(C)c(OCC(=O)NNC(=O)c2cccnc2)c1. The van der Waals surface area contributed by atoms with Crippen molar-refractivity contribution in [2.75, 3.05) is 6.61 Å². The fraction of sp³-hybridized carbons (Fsp3) is 0.188. The van der Waals surface area contributed by atoms with E-state index in [-0.39, 0.29) is 6.61 Å². The first-order chi connectivity index (χ1) is 10.6. The lowest BCUT2D eigenvalue weighted by atomic mass is 10.1. The van der Waals surface area contributed by atoms with Crippen molar-refractivity contribution in [3.63, 3.8) is 0 Å². The van der Waals surface area contributed by atoms with Gasteiger partial charge in [0.25, 0.3) is 11.8 Å². The Balaban J connectivity index is 1.81. The number of hydrogen-bond acceptors (Lipinski definition) is 4. The smallest absolute Gasteiger partial charge is 0.276 e. The highest BCUT2D eigenvalue weighted by Crippen LogP contribution is 2.18. The van der Waals surface area contributed by atoms with E-state index in [2.05, 4.69) is 15.8 Å². The number of pyridine rings is 1. The highest BCUT2D eigenvalue weighted by Gasteiger charge is 2.08. The van der Waals surface area contributed by atoms with E-state index in [9.17, 15) is 9.59 Å². The van der Waals surface area contributed by atoms with E-state index in [4.69, 9.17) is 4.74 Å². The van der Waals surface area contributed by atoms with E-state index in [1.165, 1.54) is 6.20 Å². The molecule has 1 aromatic carbocycles. The summed E-state index contributed by atoms with van der Waals surface area (Å²) in [5, 5.41) is 0. The van der Waals surface area contributed by atoms with Crippen LogP contribution in [0.1, 0.15) is 21.5 Å². The summed E-state index contributed by atoms with van der Waals surface area (Å²) in [5.41, 5.74) is 6.95. The molecule has 0 fully saturated rings. The molecule has 2 amide bonds. The van der Waals surface area contributed by atoms with E-state index in [0.29, 0.717) is 11.3 Å². The molecule has 0 saturated carbocycles. The zero-order valence-corrected chi connectivity index (χ0v) is 12.4. The van der Waals surface area contributed by atoms with Crippen LogP contribution >= 0.6 is 0 Å². The van der Waals surface area contributed by atoms with Gasteiger partial charge in [-0.2, -0.15) is 0 Å². The quantitative estimate of drug-likeness (QED) is 0.839. The molecule has 0 aliphatic rings. The molecule has 2 aromatic rings. The summed E-state index contributed by atoms with van der Waals surface area (Å²) < 4.78 is 5.44. The maximum atomic E-state index is 11.7. The van der Waals surface area contributed by atoms with E-state index in [1.54, 1.807) is 18.3 Å². The zero-order chi connectivity index (χ0) is 15.9. The minimum Gasteiger partial charge on any atom is -0.483 e. The first-order valence-electron chi connectivity index (χ1n) is 6.75. The van der Waals surface area contributed by atoms with Gasteiger partial charge in [-0.1, -0.05) is 12.1 Å². The number of hydrogen-bond donors (Lipinski definition) is 2. The number of carbonyl (C=O) groups excluding carboxylic acids is 2. The largest absolute Gasteiger partial charge is 0.483 e. The third kappa shape index (κ3) is 4.31. The van der Waals surface area contributed by atoms with Crippen LogP contribution in [0.5, 0.6) is 5.75 Å². The molecule has 2 N–H and O–H groups in total. The van der Waals surface area contributed by atoms with Crippen LogP contribution in [0.2, 0.25) is 0 Å². The summed E-state index contributed by atoms with van der Waals surface area (Å²) in [6.45, 7) is 3.66. The van der Waals surface area contributed by atoms with Crippen molar-refractivity contribution in [1.29, 1.82) is 0 Å². The Morgan fingerprint density at radius 1 is 1.18 bits per heavy atom. The molecule has 114 valence electrons. The fourth-order valence-corrected chi connectivity index (χ4v) is 1.74. The molecule has 6 heteroatoms. The van der Waals surface area contributed by atoms with Crippen LogP contribution in [0.15, 0.2) is 42.7 Å². The molecule has 0 aliphatic carbocycles. The second kappa shape index (κ2) is 7.21. The minimum atomic E-state index is -0.446. The molecular formula is C16H17N3O3. The summed E-state index contributed by atoms with van der Waals surface area (Å²) >= 11 is 0. The van der Waals surface area contributed by atoms with Gasteiger partial charge in [0.15, 0.2) is 6.61 Å². The van der Waals surface area contributed by atoms with Crippen LogP contribution in [-0.4, -0.2) is 23.4 Å². The van der Waals surface area contributed by atoms with Crippen LogP contribution in [0.25, 0.3) is 0 Å². The van der Waals surface area contributed by atoms with Gasteiger partial charge < -0.3 is 4.74 Å². The molecule has 0 unspecified atom stereocenters. The maximum absolute atomic E-state index is 11.7. The topological polar surface area (TPSA) is 80.3 Å². The lowest BCUT2D eigenvalue weighted by molar-refractivity contribution is -0.123. The highest BCUT2D eigenvalue weighted by molar-refractivity contribution is 5.95. The Kier molecular flexibility index (Phi) is 5.08. The summed E-state index contributed by atoms with van der Waals surface area (Å²) in [6, 6.07) is 8.99. The molecular weight excluding hydrogens is 282 g/mol. The van der Waals surface area contributed by atoms with Crippen LogP contribution in [-0.2, 0) is 4.79 Å². The molecule has 0 aliphatic heterocycles. The number of rotatable bonds is 4. The predicted molar refractivity (Wildman–Crippen MR) is 81.3 cm³/mol. The maximum Gasteiger partial charge on any atom is 0.276 e. The lowest BCUT2D eigenvalue weighted by Crippen LogP contribution is -2.43. The van der Waals surface area contributed by atoms with Crippen molar-refractivity contribution in [2.45, 2.75) is 13.8 Å². The van der Waals surface area contributed by atoms with Gasteiger partial charge in [0.1, 0.15) is 5.75 Å². The molecule has 0 bridgehead atoms. The molecule has 1 heterocycles. The monoisotopic (exact) mass is 299 g/mol. The summed E-state index contributed by atoms with van der Waals surface area (Å²) in [5.74, 6) is -0.236. The van der Waals surface area contributed by atoms with Crippen molar-refractivity contribution in [3.05, 3.63) is 59.4 Å². The molecule has 0 atom stereocenters. The Labute approximate surface area is 128 Å². The van der Waals surface area contributed by atoms with Gasteiger partial charge in [-0.3, -0.25) is 25.4 Å². The Morgan fingerprint density at radius 2 is 2.00 bits per heavy atom. The molecule has 6 nitrogen and oxygen atoms in total. The van der Waals surface area contributed by atoms with E-state index in [1.807, 2.05) is 32.0 Å². The first-order valence-corrected chi connectivity index (χ1v) is 6.75. The number of aromatic nitrogens is 1. The minimum absolute atomic E-state index is 0.183. The number of aryl methyl sites for hydroxylation is 2. The van der Waals surface area contributed by atoms with Gasteiger partial charge in [0.05, 0.1) is 5.56 Å². The first kappa shape index (κ1) is 15.5. The average molecular weight is 299 g/mol. The van der Waals surface area contributed by atoms with Crippen molar-refractivity contribution in [2.24, 2.45) is 0 Å². The number of nitrogens with one attached hydrogen (secondary N) is 2. The van der Waals surface area contributed by atoms with Gasteiger partial charge in [0, 0.05) is 12.4 Å². The Hall–Kier alpha value is -2.89. The van der Waals surface area contributed by atoms with Crippen molar-refractivity contribution in [3.8, 4) is 5.75 Å². The standard InChI is InChI=1S/C16H17N3O3/c1-11-5-6-12(2)14(8-11)22-10-15(20)18-19-16(21)13-4-3-7-17-9-13/h3-9H,10H2,1-2H3,(H,18,20)(H,19,21). The lowest BCUT2D eigenvalue weighted by Gasteiger charge is -2.11.